The second kappa shape index (κ2) is 6.17. The van der Waals surface area contributed by atoms with E-state index in [4.69, 9.17) is 0 Å². The molecule has 16 heavy (non-hydrogen) atoms. The Morgan fingerprint density at radius 1 is 1.50 bits per heavy atom. The molecular weight excluding hydrogens is 234 g/mol. The summed E-state index contributed by atoms with van der Waals surface area (Å²) in [7, 11) is -2.34. The molecule has 1 atom stereocenters. The summed E-state index contributed by atoms with van der Waals surface area (Å²) in [6, 6.07) is 0. The zero-order chi connectivity index (χ0) is 12.8. The van der Waals surface area contributed by atoms with Crippen LogP contribution in [0.5, 0.6) is 0 Å². The van der Waals surface area contributed by atoms with Crippen molar-refractivity contribution in [3.05, 3.63) is 0 Å². The molecule has 0 fully saturated rings. The highest BCUT2D eigenvalue weighted by Crippen LogP contribution is 2.06. The number of hydrogen-bond donors (Lipinski definition) is 2. The number of methoxy groups -OCH3 is 1. The number of sulfonamides is 1. The summed E-state index contributed by atoms with van der Waals surface area (Å²) in [6.07, 6.45) is 0.243. The third-order valence-electron chi connectivity index (χ3n) is 2.24. The van der Waals surface area contributed by atoms with Gasteiger partial charge in [0.05, 0.1) is 24.9 Å². The molecule has 0 heterocycles. The Morgan fingerprint density at radius 3 is 2.50 bits per heavy atom. The molecular formula is C9H19NO5S. The standard InChI is InChI=1S/C9H19NO5S/c1-4-9(2,12)7-10-16(13,14)6-5-8(11)15-3/h10,12H,4-7H2,1-3H3. The molecule has 0 aliphatic rings. The molecule has 0 bridgehead atoms. The van der Waals surface area contributed by atoms with Gasteiger partial charge in [-0.3, -0.25) is 4.79 Å². The third-order valence-corrected chi connectivity index (χ3v) is 3.56. The fraction of sp³-hybridized carbons (Fsp3) is 0.889. The number of aliphatic hydroxyl groups is 1. The minimum absolute atomic E-state index is 0.0625. The van der Waals surface area contributed by atoms with Crippen LogP contribution in [0.15, 0.2) is 0 Å². The Hall–Kier alpha value is -0.660. The van der Waals surface area contributed by atoms with Gasteiger partial charge in [0.25, 0.3) is 0 Å². The van der Waals surface area contributed by atoms with E-state index in [1.165, 1.54) is 14.0 Å². The molecule has 7 heteroatoms. The van der Waals surface area contributed by atoms with E-state index in [1.807, 2.05) is 0 Å². The quantitative estimate of drug-likeness (QED) is 0.604. The molecule has 0 saturated carbocycles. The number of nitrogens with one attached hydrogen (secondary N) is 1. The van der Waals surface area contributed by atoms with E-state index >= 15 is 0 Å². The molecule has 96 valence electrons. The Balaban J connectivity index is 4.12. The van der Waals surface area contributed by atoms with Crippen molar-refractivity contribution in [2.45, 2.75) is 32.3 Å². The van der Waals surface area contributed by atoms with E-state index in [0.29, 0.717) is 6.42 Å². The summed E-state index contributed by atoms with van der Waals surface area (Å²) >= 11 is 0. The summed E-state index contributed by atoms with van der Waals surface area (Å²) in [6.45, 7) is 3.23. The van der Waals surface area contributed by atoms with Gasteiger partial charge in [-0.05, 0) is 13.3 Å². The maximum absolute atomic E-state index is 11.4. The number of rotatable bonds is 7. The summed E-state index contributed by atoms with van der Waals surface area (Å²) in [5.41, 5.74) is -1.07. The first kappa shape index (κ1) is 15.3. The van der Waals surface area contributed by atoms with Crippen LogP contribution in [0.3, 0.4) is 0 Å². The molecule has 0 radical (unpaired) electrons. The Labute approximate surface area is 96.0 Å². The fourth-order valence-corrected chi connectivity index (χ4v) is 1.89. The number of ether oxygens (including phenoxy) is 1. The number of esters is 1. The molecule has 0 rings (SSSR count). The average molecular weight is 253 g/mol. The first-order valence-electron chi connectivity index (χ1n) is 4.99. The molecule has 0 spiro atoms. The highest BCUT2D eigenvalue weighted by Gasteiger charge is 2.21. The molecule has 0 aliphatic carbocycles. The van der Waals surface area contributed by atoms with Gasteiger partial charge in [-0.1, -0.05) is 6.92 Å². The van der Waals surface area contributed by atoms with Gasteiger partial charge < -0.3 is 9.84 Å². The second-order valence-electron chi connectivity index (χ2n) is 3.82. The third kappa shape index (κ3) is 6.76. The molecule has 1 unspecified atom stereocenters. The van der Waals surface area contributed by atoms with Gasteiger partial charge in [-0.2, -0.15) is 0 Å². The summed E-state index contributed by atoms with van der Waals surface area (Å²) < 4.78 is 29.3. The molecule has 6 nitrogen and oxygen atoms in total. The van der Waals surface area contributed by atoms with E-state index < -0.39 is 21.6 Å². The number of carbonyl (C=O) groups excluding carboxylic acids is 1. The van der Waals surface area contributed by atoms with Gasteiger partial charge in [0.15, 0.2) is 0 Å². The topological polar surface area (TPSA) is 92.7 Å². The van der Waals surface area contributed by atoms with Crippen molar-refractivity contribution in [2.75, 3.05) is 19.4 Å². The predicted molar refractivity (Wildman–Crippen MR) is 59.3 cm³/mol. The predicted octanol–water partition coefficient (Wildman–Crippen LogP) is -0.370. The van der Waals surface area contributed by atoms with Crippen molar-refractivity contribution >= 4 is 16.0 Å². The average Bonchev–Trinajstić information content (AvgIpc) is 2.24. The van der Waals surface area contributed by atoms with Crippen molar-refractivity contribution in [3.63, 3.8) is 0 Å². The zero-order valence-corrected chi connectivity index (χ0v) is 10.6. The van der Waals surface area contributed by atoms with E-state index in [2.05, 4.69) is 9.46 Å². The molecule has 0 aliphatic heterocycles. The Bertz CT molecular complexity index is 323. The van der Waals surface area contributed by atoms with Gasteiger partial charge in [-0.25, -0.2) is 13.1 Å². The largest absolute Gasteiger partial charge is 0.469 e. The highest BCUT2D eigenvalue weighted by molar-refractivity contribution is 7.89. The zero-order valence-electron chi connectivity index (χ0n) is 9.82. The minimum Gasteiger partial charge on any atom is -0.469 e. The van der Waals surface area contributed by atoms with Crippen LogP contribution in [0.1, 0.15) is 26.7 Å². The summed E-state index contributed by atoms with van der Waals surface area (Å²) in [5.74, 6) is -0.910. The van der Waals surface area contributed by atoms with Crippen molar-refractivity contribution < 1.29 is 23.1 Å². The Kier molecular flexibility index (Phi) is 5.91. The van der Waals surface area contributed by atoms with Crippen LogP contribution in [0, 0.1) is 0 Å². The van der Waals surface area contributed by atoms with Gasteiger partial charge >= 0.3 is 5.97 Å². The van der Waals surface area contributed by atoms with Gasteiger partial charge in [0.1, 0.15) is 0 Å². The lowest BCUT2D eigenvalue weighted by Gasteiger charge is -2.21. The van der Waals surface area contributed by atoms with Crippen LogP contribution in [-0.2, 0) is 19.6 Å². The molecule has 0 aromatic heterocycles. The van der Waals surface area contributed by atoms with Crippen LogP contribution in [0.2, 0.25) is 0 Å². The molecule has 0 aromatic carbocycles. The van der Waals surface area contributed by atoms with Gasteiger partial charge in [-0.15, -0.1) is 0 Å². The highest BCUT2D eigenvalue weighted by atomic mass is 32.2. The summed E-state index contributed by atoms with van der Waals surface area (Å²) in [4.78, 5) is 10.8. The molecule has 0 aromatic rings. The molecule has 0 amide bonds. The SMILES string of the molecule is CCC(C)(O)CNS(=O)(=O)CCC(=O)OC. The summed E-state index contributed by atoms with van der Waals surface area (Å²) in [5, 5.41) is 9.59. The number of hydrogen-bond acceptors (Lipinski definition) is 5. The minimum atomic E-state index is -3.54. The van der Waals surface area contributed by atoms with Crippen molar-refractivity contribution in [1.29, 1.82) is 0 Å². The van der Waals surface area contributed by atoms with Crippen LogP contribution in [-0.4, -0.2) is 44.5 Å². The lowest BCUT2D eigenvalue weighted by atomic mass is 10.1. The number of carbonyl (C=O) groups is 1. The van der Waals surface area contributed by atoms with Crippen molar-refractivity contribution in [2.24, 2.45) is 0 Å². The van der Waals surface area contributed by atoms with Gasteiger partial charge in [0.2, 0.25) is 10.0 Å². The van der Waals surface area contributed by atoms with Crippen LogP contribution in [0.25, 0.3) is 0 Å². The van der Waals surface area contributed by atoms with E-state index in [1.54, 1.807) is 6.92 Å². The van der Waals surface area contributed by atoms with E-state index in [9.17, 15) is 18.3 Å². The van der Waals surface area contributed by atoms with E-state index in [-0.39, 0.29) is 18.7 Å². The van der Waals surface area contributed by atoms with E-state index in [0.717, 1.165) is 0 Å². The molecule has 0 saturated heterocycles. The maximum atomic E-state index is 11.4. The lowest BCUT2D eigenvalue weighted by Crippen LogP contribution is -2.41. The van der Waals surface area contributed by atoms with Gasteiger partial charge in [0, 0.05) is 6.54 Å². The second-order valence-corrected chi connectivity index (χ2v) is 5.74. The first-order chi connectivity index (χ1) is 7.22. The van der Waals surface area contributed by atoms with Crippen LogP contribution in [0.4, 0.5) is 0 Å². The first-order valence-corrected chi connectivity index (χ1v) is 6.64. The van der Waals surface area contributed by atoms with Crippen LogP contribution >= 0.6 is 0 Å². The van der Waals surface area contributed by atoms with Crippen molar-refractivity contribution in [3.8, 4) is 0 Å². The Morgan fingerprint density at radius 2 is 2.06 bits per heavy atom. The van der Waals surface area contributed by atoms with Crippen LogP contribution < -0.4 is 4.72 Å². The molecule has 2 N–H and O–H groups in total. The van der Waals surface area contributed by atoms with Crippen molar-refractivity contribution in [1.82, 2.24) is 4.72 Å². The monoisotopic (exact) mass is 253 g/mol. The normalized spacial score (nSPS) is 15.5. The fourth-order valence-electron chi connectivity index (χ4n) is 0.782. The smallest absolute Gasteiger partial charge is 0.306 e. The lowest BCUT2D eigenvalue weighted by molar-refractivity contribution is -0.140. The maximum Gasteiger partial charge on any atom is 0.306 e.